The maximum absolute atomic E-state index is 12.5. The Morgan fingerprint density at radius 3 is 2.75 bits per heavy atom. The van der Waals surface area contributed by atoms with Gasteiger partial charge in [0, 0.05) is 23.2 Å². The molecule has 1 amide bonds. The maximum atomic E-state index is 12.5. The molecule has 2 N–H and O–H groups in total. The van der Waals surface area contributed by atoms with E-state index in [4.69, 9.17) is 10.5 Å². The predicted octanol–water partition coefficient (Wildman–Crippen LogP) is 3.36. The fourth-order valence-corrected chi connectivity index (χ4v) is 3.32. The van der Waals surface area contributed by atoms with Gasteiger partial charge in [0.1, 0.15) is 10.6 Å². The maximum Gasteiger partial charge on any atom is 0.266 e. The summed E-state index contributed by atoms with van der Waals surface area (Å²) in [5.74, 6) is 0.797. The molecule has 4 nitrogen and oxygen atoms in total. The van der Waals surface area contributed by atoms with Crippen LogP contribution in [0.15, 0.2) is 18.2 Å². The van der Waals surface area contributed by atoms with Crippen LogP contribution >= 0.6 is 11.3 Å². The third-order valence-electron chi connectivity index (χ3n) is 3.29. The largest absolute Gasteiger partial charge is 0.497 e. The second kappa shape index (κ2) is 6.13. The summed E-state index contributed by atoms with van der Waals surface area (Å²) in [6.45, 7) is 5.51. The zero-order valence-electron chi connectivity index (χ0n) is 12.1. The van der Waals surface area contributed by atoms with E-state index in [9.17, 15) is 4.79 Å². The van der Waals surface area contributed by atoms with Crippen molar-refractivity contribution < 1.29 is 9.53 Å². The summed E-state index contributed by atoms with van der Waals surface area (Å²) >= 11 is 1.43. The minimum absolute atomic E-state index is 0.0204. The SMILES string of the molecule is CCCN(CC)C(=O)c1sc2cc(OC)ccc2c1N. The molecule has 0 bridgehead atoms. The first kappa shape index (κ1) is 14.7. The molecular weight excluding hydrogens is 272 g/mol. The number of nitrogens with two attached hydrogens (primary N) is 1. The quantitative estimate of drug-likeness (QED) is 0.919. The molecule has 0 radical (unpaired) electrons. The molecule has 108 valence electrons. The van der Waals surface area contributed by atoms with E-state index < -0.39 is 0 Å². The van der Waals surface area contributed by atoms with Crippen molar-refractivity contribution in [2.75, 3.05) is 25.9 Å². The Morgan fingerprint density at radius 1 is 1.40 bits per heavy atom. The van der Waals surface area contributed by atoms with Gasteiger partial charge in [-0.2, -0.15) is 0 Å². The van der Waals surface area contributed by atoms with Crippen LogP contribution in [0.2, 0.25) is 0 Å². The van der Waals surface area contributed by atoms with Gasteiger partial charge in [-0.15, -0.1) is 11.3 Å². The van der Waals surface area contributed by atoms with Crippen LogP contribution in [0.25, 0.3) is 10.1 Å². The molecule has 0 atom stereocenters. The summed E-state index contributed by atoms with van der Waals surface area (Å²) in [5.41, 5.74) is 6.72. The topological polar surface area (TPSA) is 55.6 Å². The van der Waals surface area contributed by atoms with E-state index in [0.717, 1.165) is 28.8 Å². The molecule has 0 aliphatic carbocycles. The highest BCUT2D eigenvalue weighted by Crippen LogP contribution is 2.36. The minimum Gasteiger partial charge on any atom is -0.497 e. The fourth-order valence-electron chi connectivity index (χ4n) is 2.20. The predicted molar refractivity (Wildman–Crippen MR) is 84.7 cm³/mol. The standard InChI is InChI=1S/C15H20N2O2S/c1-4-8-17(5-2)15(18)14-13(16)11-7-6-10(19-3)9-12(11)20-14/h6-7,9H,4-5,8,16H2,1-3H3. The van der Waals surface area contributed by atoms with Crippen LogP contribution in [0.4, 0.5) is 5.69 Å². The van der Waals surface area contributed by atoms with Crippen molar-refractivity contribution in [3.8, 4) is 5.75 Å². The van der Waals surface area contributed by atoms with Gasteiger partial charge < -0.3 is 15.4 Å². The second-order valence-corrected chi connectivity index (χ2v) is 5.64. The number of methoxy groups -OCH3 is 1. The lowest BCUT2D eigenvalue weighted by Crippen LogP contribution is -2.31. The molecule has 1 aromatic heterocycles. The number of nitrogens with zero attached hydrogens (tertiary/aromatic N) is 1. The molecule has 0 aliphatic rings. The minimum atomic E-state index is 0.0204. The molecule has 5 heteroatoms. The number of hydrogen-bond donors (Lipinski definition) is 1. The first-order chi connectivity index (χ1) is 9.62. The number of benzene rings is 1. The van der Waals surface area contributed by atoms with Gasteiger partial charge in [-0.1, -0.05) is 6.92 Å². The van der Waals surface area contributed by atoms with Gasteiger partial charge >= 0.3 is 0 Å². The Labute approximate surface area is 123 Å². The van der Waals surface area contributed by atoms with Crippen LogP contribution < -0.4 is 10.5 Å². The lowest BCUT2D eigenvalue weighted by molar-refractivity contribution is 0.0770. The van der Waals surface area contributed by atoms with Crippen LogP contribution in [0.3, 0.4) is 0 Å². The van der Waals surface area contributed by atoms with Crippen molar-refractivity contribution in [1.82, 2.24) is 4.90 Å². The van der Waals surface area contributed by atoms with Crippen molar-refractivity contribution in [2.45, 2.75) is 20.3 Å². The average molecular weight is 292 g/mol. The highest BCUT2D eigenvalue weighted by Gasteiger charge is 2.20. The Balaban J connectivity index is 2.44. The number of rotatable bonds is 5. The summed E-state index contributed by atoms with van der Waals surface area (Å²) in [7, 11) is 1.63. The van der Waals surface area contributed by atoms with Crippen molar-refractivity contribution in [2.24, 2.45) is 0 Å². The number of amides is 1. The third kappa shape index (κ3) is 2.58. The highest BCUT2D eigenvalue weighted by molar-refractivity contribution is 7.21. The van der Waals surface area contributed by atoms with Crippen molar-refractivity contribution in [3.05, 3.63) is 23.1 Å². The first-order valence-electron chi connectivity index (χ1n) is 6.77. The zero-order chi connectivity index (χ0) is 14.7. The number of carbonyl (C=O) groups excluding carboxylic acids is 1. The van der Waals surface area contributed by atoms with Crippen LogP contribution in [0.5, 0.6) is 5.75 Å². The molecule has 2 aromatic rings. The number of hydrogen-bond acceptors (Lipinski definition) is 4. The molecule has 2 rings (SSSR count). The summed E-state index contributed by atoms with van der Waals surface area (Å²) < 4.78 is 6.19. The number of ether oxygens (including phenoxy) is 1. The highest BCUT2D eigenvalue weighted by atomic mass is 32.1. The number of carbonyl (C=O) groups is 1. The van der Waals surface area contributed by atoms with Crippen molar-refractivity contribution in [1.29, 1.82) is 0 Å². The van der Waals surface area contributed by atoms with Gasteiger partial charge in [-0.25, -0.2) is 0 Å². The van der Waals surface area contributed by atoms with E-state index in [2.05, 4.69) is 6.92 Å². The number of nitrogen functional groups attached to an aromatic ring is 1. The van der Waals surface area contributed by atoms with Crippen molar-refractivity contribution >= 4 is 33.0 Å². The van der Waals surface area contributed by atoms with E-state index in [-0.39, 0.29) is 5.91 Å². The molecule has 20 heavy (non-hydrogen) atoms. The van der Waals surface area contributed by atoms with E-state index in [0.29, 0.717) is 17.1 Å². The summed E-state index contributed by atoms with van der Waals surface area (Å²) in [6.07, 6.45) is 0.943. The monoisotopic (exact) mass is 292 g/mol. The van der Waals surface area contributed by atoms with Gasteiger partial charge in [-0.3, -0.25) is 4.79 Å². The van der Waals surface area contributed by atoms with Gasteiger partial charge in [0.15, 0.2) is 0 Å². The second-order valence-electron chi connectivity index (χ2n) is 4.59. The molecule has 0 unspecified atom stereocenters. The molecule has 0 saturated heterocycles. The summed E-state index contributed by atoms with van der Waals surface area (Å²) in [6, 6.07) is 5.69. The fraction of sp³-hybridized carbons (Fsp3) is 0.400. The van der Waals surface area contributed by atoms with Gasteiger partial charge in [0.05, 0.1) is 12.8 Å². The smallest absolute Gasteiger partial charge is 0.266 e. The molecule has 1 aromatic carbocycles. The average Bonchev–Trinajstić information content (AvgIpc) is 2.80. The molecule has 0 aliphatic heterocycles. The number of thiophene rings is 1. The van der Waals surface area contributed by atoms with Crippen LogP contribution in [-0.4, -0.2) is 31.0 Å². The van der Waals surface area contributed by atoms with Gasteiger partial charge in [0.25, 0.3) is 5.91 Å². The summed E-state index contributed by atoms with van der Waals surface area (Å²) in [5, 5.41) is 0.923. The van der Waals surface area contributed by atoms with Crippen LogP contribution in [-0.2, 0) is 0 Å². The molecular formula is C15H20N2O2S. The zero-order valence-corrected chi connectivity index (χ0v) is 12.9. The number of fused-ring (bicyclic) bond motifs is 1. The van der Waals surface area contributed by atoms with E-state index in [1.165, 1.54) is 11.3 Å². The third-order valence-corrected chi connectivity index (χ3v) is 4.45. The molecule has 0 spiro atoms. The van der Waals surface area contributed by atoms with Crippen LogP contribution in [0, 0.1) is 0 Å². The van der Waals surface area contributed by atoms with E-state index in [1.54, 1.807) is 7.11 Å². The summed E-state index contributed by atoms with van der Waals surface area (Å²) in [4.78, 5) is 15.0. The lowest BCUT2D eigenvalue weighted by Gasteiger charge is -2.19. The Hall–Kier alpha value is -1.75. The lowest BCUT2D eigenvalue weighted by atomic mass is 10.2. The molecule has 0 fully saturated rings. The van der Waals surface area contributed by atoms with E-state index >= 15 is 0 Å². The van der Waals surface area contributed by atoms with Gasteiger partial charge in [-0.05, 0) is 31.5 Å². The Morgan fingerprint density at radius 2 is 2.15 bits per heavy atom. The van der Waals surface area contributed by atoms with E-state index in [1.807, 2.05) is 30.0 Å². The number of anilines is 1. The molecule has 1 heterocycles. The van der Waals surface area contributed by atoms with Gasteiger partial charge in [0.2, 0.25) is 0 Å². The Bertz CT molecular complexity index is 622. The first-order valence-corrected chi connectivity index (χ1v) is 7.59. The van der Waals surface area contributed by atoms with Crippen LogP contribution in [0.1, 0.15) is 29.9 Å². The van der Waals surface area contributed by atoms with Crippen molar-refractivity contribution in [3.63, 3.8) is 0 Å². The normalized spacial score (nSPS) is 10.8. The molecule has 0 saturated carbocycles. The Kier molecular flexibility index (Phi) is 4.49.